The number of carbonyl (C=O) groups excluding carboxylic acids is 1. The maximum atomic E-state index is 13.9. The van der Waals surface area contributed by atoms with E-state index in [1.54, 1.807) is 0 Å². The first-order chi connectivity index (χ1) is 13.7. The number of hydrogen-bond acceptors (Lipinski definition) is 3. The Morgan fingerprint density at radius 2 is 1.55 bits per heavy atom. The molecule has 3 aromatic carbocycles. The van der Waals surface area contributed by atoms with Gasteiger partial charge in [-0.1, -0.05) is 29.8 Å². The zero-order valence-corrected chi connectivity index (χ0v) is 16.0. The summed E-state index contributed by atoms with van der Waals surface area (Å²) in [4.78, 5) is 11.7. The summed E-state index contributed by atoms with van der Waals surface area (Å²) in [5, 5.41) is 2.41. The molecule has 0 saturated carbocycles. The van der Waals surface area contributed by atoms with Gasteiger partial charge in [0.2, 0.25) is 0 Å². The third kappa shape index (κ3) is 4.52. The molecule has 0 aliphatic rings. The average Bonchev–Trinajstić information content (AvgIpc) is 2.66. The smallest absolute Gasteiger partial charge is 0.264 e. The molecule has 1 amide bonds. The Morgan fingerprint density at radius 3 is 2.28 bits per heavy atom. The second-order valence-corrected chi connectivity index (χ2v) is 7.87. The van der Waals surface area contributed by atoms with Crippen molar-refractivity contribution in [2.45, 2.75) is 4.90 Å². The van der Waals surface area contributed by atoms with Gasteiger partial charge >= 0.3 is 0 Å². The highest BCUT2D eigenvalue weighted by molar-refractivity contribution is 7.92. The van der Waals surface area contributed by atoms with E-state index in [0.717, 1.165) is 30.3 Å². The molecule has 0 unspecified atom stereocenters. The lowest BCUT2D eigenvalue weighted by Gasteiger charge is -2.14. The molecular formula is C19H12ClF3N2O3S. The van der Waals surface area contributed by atoms with Crippen LogP contribution in [0.2, 0.25) is 5.02 Å². The number of rotatable bonds is 5. The van der Waals surface area contributed by atoms with Crippen molar-refractivity contribution in [1.82, 2.24) is 0 Å². The molecule has 0 bridgehead atoms. The molecule has 29 heavy (non-hydrogen) atoms. The topological polar surface area (TPSA) is 75.3 Å². The molecule has 10 heteroatoms. The number of sulfonamides is 1. The molecule has 0 heterocycles. The number of carbonyl (C=O) groups is 1. The van der Waals surface area contributed by atoms with Crippen LogP contribution in [0.25, 0.3) is 0 Å². The molecule has 3 rings (SSSR count). The van der Waals surface area contributed by atoms with Crippen LogP contribution in [0, 0.1) is 17.5 Å². The lowest BCUT2D eigenvalue weighted by molar-refractivity contribution is 0.102. The molecule has 3 aromatic rings. The molecular weight excluding hydrogens is 429 g/mol. The number of benzene rings is 3. The van der Waals surface area contributed by atoms with Crippen molar-refractivity contribution >= 4 is 38.9 Å². The first-order valence-corrected chi connectivity index (χ1v) is 9.87. The largest absolute Gasteiger partial charge is 0.320 e. The second-order valence-electron chi connectivity index (χ2n) is 5.78. The third-order valence-corrected chi connectivity index (χ3v) is 5.43. The predicted octanol–water partition coefficient (Wildman–Crippen LogP) is 4.81. The Hall–Kier alpha value is -3.04. The highest BCUT2D eigenvalue weighted by atomic mass is 35.5. The molecule has 0 fully saturated rings. The van der Waals surface area contributed by atoms with E-state index in [2.05, 4.69) is 10.0 Å². The molecule has 0 saturated heterocycles. The zero-order chi connectivity index (χ0) is 21.2. The molecule has 150 valence electrons. The van der Waals surface area contributed by atoms with E-state index in [4.69, 9.17) is 11.6 Å². The molecule has 0 aromatic heterocycles. The van der Waals surface area contributed by atoms with Gasteiger partial charge in [0.25, 0.3) is 15.9 Å². The van der Waals surface area contributed by atoms with Crippen LogP contribution in [0.15, 0.2) is 65.6 Å². The highest BCUT2D eigenvalue weighted by Crippen LogP contribution is 2.29. The number of amides is 1. The van der Waals surface area contributed by atoms with Gasteiger partial charge in [0, 0.05) is 5.02 Å². The Bertz CT molecular complexity index is 1200. The van der Waals surface area contributed by atoms with Crippen molar-refractivity contribution in [3.05, 3.63) is 88.7 Å². The fraction of sp³-hybridized carbons (Fsp3) is 0. The van der Waals surface area contributed by atoms with E-state index in [0.29, 0.717) is 0 Å². The summed E-state index contributed by atoms with van der Waals surface area (Å²) in [5.41, 5.74) is -0.873. The summed E-state index contributed by atoms with van der Waals surface area (Å²) in [6.45, 7) is 0. The summed E-state index contributed by atoms with van der Waals surface area (Å²) in [7, 11) is -4.35. The first kappa shape index (κ1) is 20.7. The van der Waals surface area contributed by atoms with Gasteiger partial charge in [-0.15, -0.1) is 0 Å². The summed E-state index contributed by atoms with van der Waals surface area (Å²) in [5.74, 6) is -4.58. The van der Waals surface area contributed by atoms with Gasteiger partial charge in [-0.25, -0.2) is 21.6 Å². The van der Waals surface area contributed by atoms with E-state index < -0.39 is 43.8 Å². The van der Waals surface area contributed by atoms with Crippen LogP contribution >= 0.6 is 11.6 Å². The third-order valence-electron chi connectivity index (χ3n) is 3.80. The first-order valence-electron chi connectivity index (χ1n) is 8.01. The van der Waals surface area contributed by atoms with E-state index in [9.17, 15) is 26.4 Å². The molecule has 5 nitrogen and oxygen atoms in total. The monoisotopic (exact) mass is 440 g/mol. The lowest BCUT2D eigenvalue weighted by atomic mass is 10.2. The number of hydrogen-bond donors (Lipinski definition) is 2. The van der Waals surface area contributed by atoms with Gasteiger partial charge < -0.3 is 5.32 Å². The number of halogens is 4. The van der Waals surface area contributed by atoms with E-state index in [1.165, 1.54) is 30.3 Å². The van der Waals surface area contributed by atoms with Crippen LogP contribution in [0.4, 0.5) is 24.5 Å². The van der Waals surface area contributed by atoms with Gasteiger partial charge in [0.15, 0.2) is 11.6 Å². The SMILES string of the molecule is O=C(Nc1cc(Cl)ccc1NS(=O)(=O)c1ccccc1F)c1cccc(F)c1F. The molecule has 0 aliphatic heterocycles. The van der Waals surface area contributed by atoms with Gasteiger partial charge in [0.1, 0.15) is 10.7 Å². The quantitative estimate of drug-likeness (QED) is 0.597. The predicted molar refractivity (Wildman–Crippen MR) is 103 cm³/mol. The summed E-state index contributed by atoms with van der Waals surface area (Å²) < 4.78 is 68.3. The molecule has 0 aliphatic carbocycles. The Labute approximate surface area is 169 Å². The van der Waals surface area contributed by atoms with Crippen molar-refractivity contribution in [3.8, 4) is 0 Å². The Morgan fingerprint density at radius 1 is 0.862 bits per heavy atom. The maximum absolute atomic E-state index is 13.9. The average molecular weight is 441 g/mol. The van der Waals surface area contributed by atoms with Crippen LogP contribution < -0.4 is 10.0 Å². The van der Waals surface area contributed by atoms with Crippen molar-refractivity contribution in [2.75, 3.05) is 10.0 Å². The molecule has 0 spiro atoms. The van der Waals surface area contributed by atoms with Gasteiger partial charge in [-0.2, -0.15) is 0 Å². The van der Waals surface area contributed by atoms with Crippen molar-refractivity contribution < 1.29 is 26.4 Å². The minimum absolute atomic E-state index is 0.133. The van der Waals surface area contributed by atoms with Crippen LogP contribution in [0.1, 0.15) is 10.4 Å². The number of anilines is 2. The lowest BCUT2D eigenvalue weighted by Crippen LogP contribution is -2.19. The fourth-order valence-corrected chi connectivity index (χ4v) is 3.77. The Kier molecular flexibility index (Phi) is 5.81. The van der Waals surface area contributed by atoms with E-state index in [1.807, 2.05) is 0 Å². The van der Waals surface area contributed by atoms with Gasteiger partial charge in [-0.05, 0) is 42.5 Å². The van der Waals surface area contributed by atoms with E-state index >= 15 is 0 Å². The fourth-order valence-electron chi connectivity index (χ4n) is 2.44. The molecule has 0 atom stereocenters. The van der Waals surface area contributed by atoms with E-state index in [-0.39, 0.29) is 16.4 Å². The molecule has 0 radical (unpaired) electrons. The number of nitrogens with one attached hydrogen (secondary N) is 2. The second kappa shape index (κ2) is 8.14. The standard InChI is InChI=1S/C19H12ClF3N2O3S/c20-11-8-9-15(25-29(27,28)17-7-2-1-5-13(17)21)16(10-11)24-19(26)12-4-3-6-14(22)18(12)23/h1-10,25H,(H,24,26). The zero-order valence-electron chi connectivity index (χ0n) is 14.4. The summed E-state index contributed by atoms with van der Waals surface area (Å²) >= 11 is 5.89. The summed E-state index contributed by atoms with van der Waals surface area (Å²) in [6, 6.07) is 11.5. The van der Waals surface area contributed by atoms with Crippen LogP contribution in [-0.4, -0.2) is 14.3 Å². The van der Waals surface area contributed by atoms with Gasteiger partial charge in [0.05, 0.1) is 16.9 Å². The van der Waals surface area contributed by atoms with Gasteiger partial charge in [-0.3, -0.25) is 9.52 Å². The highest BCUT2D eigenvalue weighted by Gasteiger charge is 2.22. The minimum Gasteiger partial charge on any atom is -0.320 e. The van der Waals surface area contributed by atoms with Crippen molar-refractivity contribution in [1.29, 1.82) is 0 Å². The van der Waals surface area contributed by atoms with Crippen molar-refractivity contribution in [2.24, 2.45) is 0 Å². The minimum atomic E-state index is -4.35. The molecule has 2 N–H and O–H groups in total. The van der Waals surface area contributed by atoms with Crippen LogP contribution in [-0.2, 0) is 10.0 Å². The van der Waals surface area contributed by atoms with Crippen molar-refractivity contribution in [3.63, 3.8) is 0 Å². The maximum Gasteiger partial charge on any atom is 0.264 e. The normalized spacial score (nSPS) is 11.2. The Balaban J connectivity index is 1.95. The summed E-state index contributed by atoms with van der Waals surface area (Å²) in [6.07, 6.45) is 0. The van der Waals surface area contributed by atoms with Crippen LogP contribution in [0.5, 0.6) is 0 Å². The van der Waals surface area contributed by atoms with Crippen LogP contribution in [0.3, 0.4) is 0 Å².